The van der Waals surface area contributed by atoms with Crippen molar-refractivity contribution in [2.75, 3.05) is 0 Å². The summed E-state index contributed by atoms with van der Waals surface area (Å²) in [5.74, 6) is 0.313. The van der Waals surface area contributed by atoms with Gasteiger partial charge >= 0.3 is 0 Å². The number of fused-ring (bicyclic) bond motifs is 1. The summed E-state index contributed by atoms with van der Waals surface area (Å²) in [7, 11) is 0. The van der Waals surface area contributed by atoms with Gasteiger partial charge in [0.1, 0.15) is 5.75 Å². The van der Waals surface area contributed by atoms with Crippen LogP contribution in [0.15, 0.2) is 10.5 Å². The van der Waals surface area contributed by atoms with Crippen molar-refractivity contribution in [3.8, 4) is 5.75 Å². The molecular weight excluding hydrogens is 266 g/mol. The van der Waals surface area contributed by atoms with Gasteiger partial charge in [-0.3, -0.25) is 0 Å². The van der Waals surface area contributed by atoms with Crippen LogP contribution < -0.4 is 5.73 Å². The average molecular weight is 284 g/mol. The number of phenols is 1. The highest BCUT2D eigenvalue weighted by Crippen LogP contribution is 2.40. The Kier molecular flexibility index (Phi) is 3.01. The molecule has 0 unspecified atom stereocenters. The molecule has 2 nitrogen and oxygen atoms in total. The van der Waals surface area contributed by atoms with Gasteiger partial charge in [0.15, 0.2) is 0 Å². The van der Waals surface area contributed by atoms with E-state index in [2.05, 4.69) is 15.9 Å². The molecule has 1 aromatic rings. The van der Waals surface area contributed by atoms with Crippen molar-refractivity contribution in [2.45, 2.75) is 45.1 Å². The van der Waals surface area contributed by atoms with Crippen molar-refractivity contribution in [3.05, 3.63) is 27.2 Å². The number of phenolic OH excluding ortho intramolecular Hbond substituents is 1. The van der Waals surface area contributed by atoms with E-state index < -0.39 is 5.54 Å². The van der Waals surface area contributed by atoms with Crippen molar-refractivity contribution in [3.63, 3.8) is 0 Å². The molecule has 0 radical (unpaired) electrons. The molecule has 0 saturated heterocycles. The van der Waals surface area contributed by atoms with Crippen molar-refractivity contribution >= 4 is 15.9 Å². The second kappa shape index (κ2) is 4.04. The van der Waals surface area contributed by atoms with Gasteiger partial charge in [-0.05, 0) is 72.7 Å². The average Bonchev–Trinajstić information content (AvgIpc) is 2.17. The Bertz CT molecular complexity index is 421. The van der Waals surface area contributed by atoms with E-state index in [-0.39, 0.29) is 0 Å². The third kappa shape index (κ3) is 1.98. The SMILES string of the molecule is CC(C)(N)c1c(O)c(Br)cc2c1CCCC2. The van der Waals surface area contributed by atoms with Crippen LogP contribution in [0.2, 0.25) is 0 Å². The maximum Gasteiger partial charge on any atom is 0.135 e. The summed E-state index contributed by atoms with van der Waals surface area (Å²) >= 11 is 3.41. The number of benzene rings is 1. The van der Waals surface area contributed by atoms with Gasteiger partial charge in [-0.1, -0.05) is 0 Å². The van der Waals surface area contributed by atoms with E-state index in [1.165, 1.54) is 24.0 Å². The highest BCUT2D eigenvalue weighted by atomic mass is 79.9. The maximum absolute atomic E-state index is 10.2. The molecule has 3 N–H and O–H groups in total. The molecule has 1 aliphatic rings. The molecule has 2 rings (SSSR count). The number of hydrogen-bond donors (Lipinski definition) is 2. The fraction of sp³-hybridized carbons (Fsp3) is 0.538. The van der Waals surface area contributed by atoms with E-state index in [1.54, 1.807) is 0 Å². The molecule has 0 aromatic heterocycles. The van der Waals surface area contributed by atoms with Gasteiger partial charge in [0.05, 0.1) is 4.47 Å². The summed E-state index contributed by atoms with van der Waals surface area (Å²) in [5, 5.41) is 10.2. The monoisotopic (exact) mass is 283 g/mol. The number of aromatic hydroxyl groups is 1. The van der Waals surface area contributed by atoms with Crippen molar-refractivity contribution in [1.82, 2.24) is 0 Å². The highest BCUT2D eigenvalue weighted by Gasteiger charge is 2.27. The lowest BCUT2D eigenvalue weighted by atomic mass is 9.81. The van der Waals surface area contributed by atoms with E-state index in [9.17, 15) is 5.11 Å². The van der Waals surface area contributed by atoms with E-state index in [4.69, 9.17) is 5.73 Å². The molecule has 0 bridgehead atoms. The second-order valence-corrected chi connectivity index (χ2v) is 6.00. The number of rotatable bonds is 1. The van der Waals surface area contributed by atoms with E-state index in [0.717, 1.165) is 22.9 Å². The lowest BCUT2D eigenvalue weighted by Crippen LogP contribution is -2.31. The van der Waals surface area contributed by atoms with Crippen LogP contribution in [0.1, 0.15) is 43.4 Å². The molecule has 0 atom stereocenters. The molecule has 0 saturated carbocycles. The minimum atomic E-state index is -0.491. The summed E-state index contributed by atoms with van der Waals surface area (Å²) < 4.78 is 0.765. The largest absolute Gasteiger partial charge is 0.506 e. The van der Waals surface area contributed by atoms with Crippen LogP contribution in [0.4, 0.5) is 0 Å². The van der Waals surface area contributed by atoms with E-state index >= 15 is 0 Å². The van der Waals surface area contributed by atoms with Crippen LogP contribution in [0.3, 0.4) is 0 Å². The minimum Gasteiger partial charge on any atom is -0.506 e. The van der Waals surface area contributed by atoms with Gasteiger partial charge < -0.3 is 10.8 Å². The quantitative estimate of drug-likeness (QED) is 0.831. The summed E-state index contributed by atoms with van der Waals surface area (Å²) in [5.41, 5.74) is 9.19. The van der Waals surface area contributed by atoms with Crippen molar-refractivity contribution < 1.29 is 5.11 Å². The molecular formula is C13H18BrNO. The van der Waals surface area contributed by atoms with Gasteiger partial charge in [0, 0.05) is 11.1 Å². The van der Waals surface area contributed by atoms with E-state index in [1.807, 2.05) is 19.9 Å². The van der Waals surface area contributed by atoms with Crippen molar-refractivity contribution in [1.29, 1.82) is 0 Å². The van der Waals surface area contributed by atoms with Crippen LogP contribution in [-0.2, 0) is 18.4 Å². The molecule has 0 fully saturated rings. The first-order chi connectivity index (χ1) is 7.41. The first kappa shape index (κ1) is 11.9. The normalized spacial score (nSPS) is 16.0. The van der Waals surface area contributed by atoms with Gasteiger partial charge in [0.2, 0.25) is 0 Å². The van der Waals surface area contributed by atoms with Gasteiger partial charge in [-0.25, -0.2) is 0 Å². The molecule has 0 amide bonds. The zero-order valence-electron chi connectivity index (χ0n) is 9.81. The molecule has 0 spiro atoms. The van der Waals surface area contributed by atoms with Gasteiger partial charge in [0.25, 0.3) is 0 Å². The lowest BCUT2D eigenvalue weighted by molar-refractivity contribution is 0.431. The Hall–Kier alpha value is -0.540. The fourth-order valence-electron chi connectivity index (χ4n) is 2.55. The van der Waals surface area contributed by atoms with Gasteiger partial charge in [-0.2, -0.15) is 0 Å². The third-order valence-electron chi connectivity index (χ3n) is 3.22. The van der Waals surface area contributed by atoms with Crippen LogP contribution in [0, 0.1) is 0 Å². The van der Waals surface area contributed by atoms with Crippen molar-refractivity contribution in [2.24, 2.45) is 5.73 Å². The molecule has 88 valence electrons. The smallest absolute Gasteiger partial charge is 0.135 e. The molecule has 1 aliphatic carbocycles. The molecule has 3 heteroatoms. The number of hydrogen-bond acceptors (Lipinski definition) is 2. The molecule has 0 aliphatic heterocycles. The topological polar surface area (TPSA) is 46.2 Å². The first-order valence-electron chi connectivity index (χ1n) is 5.74. The van der Waals surface area contributed by atoms with Crippen LogP contribution >= 0.6 is 15.9 Å². The maximum atomic E-state index is 10.2. The predicted molar refractivity (Wildman–Crippen MR) is 69.7 cm³/mol. The minimum absolute atomic E-state index is 0.313. The summed E-state index contributed by atoms with van der Waals surface area (Å²) in [6, 6.07) is 2.04. The number of aryl methyl sites for hydroxylation is 1. The standard InChI is InChI=1S/C13H18BrNO/c1-13(2,15)11-9-6-4-3-5-8(9)7-10(14)12(11)16/h7,16H,3-6,15H2,1-2H3. The third-order valence-corrected chi connectivity index (χ3v) is 3.83. The Balaban J connectivity index is 2.69. The summed E-state index contributed by atoms with van der Waals surface area (Å²) in [4.78, 5) is 0. The predicted octanol–water partition coefficient (Wildman–Crippen LogP) is 3.23. The number of nitrogens with two attached hydrogens (primary N) is 1. The summed E-state index contributed by atoms with van der Waals surface area (Å²) in [6.07, 6.45) is 4.55. The lowest BCUT2D eigenvalue weighted by Gasteiger charge is -2.29. The second-order valence-electron chi connectivity index (χ2n) is 5.15. The highest BCUT2D eigenvalue weighted by molar-refractivity contribution is 9.10. The van der Waals surface area contributed by atoms with Gasteiger partial charge in [-0.15, -0.1) is 0 Å². The zero-order chi connectivity index (χ0) is 11.9. The molecule has 16 heavy (non-hydrogen) atoms. The van der Waals surface area contributed by atoms with E-state index in [0.29, 0.717) is 5.75 Å². The number of halogens is 1. The Morgan fingerprint density at radius 2 is 1.94 bits per heavy atom. The zero-order valence-corrected chi connectivity index (χ0v) is 11.4. The fourth-order valence-corrected chi connectivity index (χ4v) is 3.03. The Labute approximate surface area is 105 Å². The molecule has 0 heterocycles. The van der Waals surface area contributed by atoms with Crippen LogP contribution in [0.5, 0.6) is 5.75 Å². The van der Waals surface area contributed by atoms with Crippen LogP contribution in [0.25, 0.3) is 0 Å². The Morgan fingerprint density at radius 1 is 1.31 bits per heavy atom. The first-order valence-corrected chi connectivity index (χ1v) is 6.53. The Morgan fingerprint density at radius 3 is 2.56 bits per heavy atom. The molecule has 1 aromatic carbocycles. The summed E-state index contributed by atoms with van der Waals surface area (Å²) in [6.45, 7) is 3.90. The van der Waals surface area contributed by atoms with Crippen LogP contribution in [-0.4, -0.2) is 5.11 Å².